The van der Waals surface area contributed by atoms with Crippen LogP contribution in [-0.4, -0.2) is 26.0 Å². The second-order valence-electron chi connectivity index (χ2n) is 4.23. The van der Waals surface area contributed by atoms with Gasteiger partial charge in [0, 0.05) is 12.1 Å². The second kappa shape index (κ2) is 5.74. The number of hydrogen-bond acceptors (Lipinski definition) is 6. The van der Waals surface area contributed by atoms with Gasteiger partial charge in [-0.25, -0.2) is 5.10 Å². The zero-order chi connectivity index (χ0) is 15.5. The first kappa shape index (κ1) is 13.9. The molecule has 2 heterocycles. The molecule has 3 rings (SSSR count). The second-order valence-corrected chi connectivity index (χ2v) is 4.62. The summed E-state index contributed by atoms with van der Waals surface area (Å²) in [5.74, 6) is 0.960. The average molecular weight is 315 g/mol. The fourth-order valence-electron chi connectivity index (χ4n) is 1.77. The lowest BCUT2D eigenvalue weighted by molar-refractivity contribution is -0.384. The number of aromatic amines is 1. The van der Waals surface area contributed by atoms with Crippen molar-refractivity contribution in [3.05, 3.63) is 63.1 Å². The lowest BCUT2D eigenvalue weighted by Crippen LogP contribution is -1.94. The molecule has 3 aromatic rings. The van der Waals surface area contributed by atoms with E-state index in [1.54, 1.807) is 24.3 Å². The van der Waals surface area contributed by atoms with E-state index >= 15 is 0 Å². The number of nitrogens with one attached hydrogen (secondary N) is 1. The summed E-state index contributed by atoms with van der Waals surface area (Å²) in [6, 6.07) is 9.48. The number of benzene rings is 1. The molecule has 9 heteroatoms. The quantitative estimate of drug-likeness (QED) is 0.345. The SMILES string of the molecule is O=[N+]([O-])c1ccc(/C=N\n2c(-c3ccco3)n[nH]c2=S)cc1. The Hall–Kier alpha value is -3.07. The summed E-state index contributed by atoms with van der Waals surface area (Å²) in [7, 11) is 0. The molecular weight excluding hydrogens is 306 g/mol. The molecule has 0 radical (unpaired) electrons. The molecule has 0 aliphatic carbocycles. The minimum atomic E-state index is -0.456. The number of aromatic nitrogens is 3. The normalized spacial score (nSPS) is 11.1. The van der Waals surface area contributed by atoms with E-state index in [2.05, 4.69) is 15.3 Å². The van der Waals surface area contributed by atoms with Gasteiger partial charge in [0.2, 0.25) is 10.6 Å². The predicted octanol–water partition coefficient (Wildman–Crippen LogP) is 2.99. The molecule has 0 saturated carbocycles. The highest BCUT2D eigenvalue weighted by Crippen LogP contribution is 2.17. The average Bonchev–Trinajstić information content (AvgIpc) is 3.15. The van der Waals surface area contributed by atoms with Gasteiger partial charge in [0.15, 0.2) is 5.76 Å². The predicted molar refractivity (Wildman–Crippen MR) is 81.2 cm³/mol. The number of non-ortho nitro benzene ring substituents is 1. The van der Waals surface area contributed by atoms with Crippen molar-refractivity contribution in [3.8, 4) is 11.6 Å². The van der Waals surface area contributed by atoms with Gasteiger partial charge in [-0.1, -0.05) is 0 Å². The van der Waals surface area contributed by atoms with Crippen LogP contribution in [0.25, 0.3) is 11.6 Å². The maximum Gasteiger partial charge on any atom is 0.269 e. The van der Waals surface area contributed by atoms with E-state index in [-0.39, 0.29) is 5.69 Å². The molecule has 8 nitrogen and oxygen atoms in total. The summed E-state index contributed by atoms with van der Waals surface area (Å²) in [6.45, 7) is 0. The maximum absolute atomic E-state index is 10.6. The molecular formula is C13H9N5O3S. The fourth-order valence-corrected chi connectivity index (χ4v) is 1.95. The molecule has 0 spiro atoms. The smallest absolute Gasteiger partial charge is 0.269 e. The summed E-state index contributed by atoms with van der Waals surface area (Å²) in [5, 5.41) is 21.5. The summed E-state index contributed by atoms with van der Waals surface area (Å²) < 4.78 is 6.99. The third kappa shape index (κ3) is 2.69. The van der Waals surface area contributed by atoms with Crippen molar-refractivity contribution in [3.63, 3.8) is 0 Å². The minimum absolute atomic E-state index is 0.0216. The van der Waals surface area contributed by atoms with Crippen molar-refractivity contribution in [2.75, 3.05) is 0 Å². The van der Waals surface area contributed by atoms with Gasteiger partial charge in [0.1, 0.15) is 0 Å². The first-order valence-corrected chi connectivity index (χ1v) is 6.56. The highest BCUT2D eigenvalue weighted by atomic mass is 32.1. The van der Waals surface area contributed by atoms with Gasteiger partial charge in [0.25, 0.3) is 5.69 Å². The molecule has 1 aromatic carbocycles. The van der Waals surface area contributed by atoms with E-state index in [1.165, 1.54) is 29.3 Å². The van der Waals surface area contributed by atoms with Crippen molar-refractivity contribution >= 4 is 24.1 Å². The van der Waals surface area contributed by atoms with E-state index in [9.17, 15) is 10.1 Å². The van der Waals surface area contributed by atoms with Gasteiger partial charge in [-0.3, -0.25) is 10.1 Å². The molecule has 0 fully saturated rings. The van der Waals surface area contributed by atoms with Gasteiger partial charge in [0.05, 0.1) is 17.4 Å². The van der Waals surface area contributed by atoms with Crippen molar-refractivity contribution in [2.45, 2.75) is 0 Å². The zero-order valence-corrected chi connectivity index (χ0v) is 11.9. The molecule has 2 aromatic heterocycles. The summed E-state index contributed by atoms with van der Waals surface area (Å²) in [5.41, 5.74) is 0.715. The number of nitro benzene ring substituents is 1. The van der Waals surface area contributed by atoms with Crippen LogP contribution in [0, 0.1) is 14.9 Å². The lowest BCUT2D eigenvalue weighted by Gasteiger charge is -1.97. The van der Waals surface area contributed by atoms with Crippen molar-refractivity contribution in [1.82, 2.24) is 14.9 Å². The Bertz CT molecular complexity index is 877. The molecule has 0 amide bonds. The Balaban J connectivity index is 1.91. The highest BCUT2D eigenvalue weighted by Gasteiger charge is 2.10. The summed E-state index contributed by atoms with van der Waals surface area (Å²) in [6.07, 6.45) is 3.05. The van der Waals surface area contributed by atoms with Crippen LogP contribution in [0.15, 0.2) is 52.2 Å². The number of nitrogens with zero attached hydrogens (tertiary/aromatic N) is 4. The third-order valence-electron chi connectivity index (χ3n) is 2.82. The van der Waals surface area contributed by atoms with E-state index in [1.807, 2.05) is 0 Å². The molecule has 1 N–H and O–H groups in total. The van der Waals surface area contributed by atoms with Crippen LogP contribution in [0.2, 0.25) is 0 Å². The number of H-pyrrole nitrogens is 1. The van der Waals surface area contributed by atoms with Crippen molar-refractivity contribution < 1.29 is 9.34 Å². The van der Waals surface area contributed by atoms with E-state index in [4.69, 9.17) is 16.6 Å². The number of hydrogen-bond donors (Lipinski definition) is 1. The molecule has 0 aliphatic heterocycles. The van der Waals surface area contributed by atoms with Crippen LogP contribution in [-0.2, 0) is 0 Å². The lowest BCUT2D eigenvalue weighted by atomic mass is 10.2. The monoisotopic (exact) mass is 315 g/mol. The first-order valence-electron chi connectivity index (χ1n) is 6.15. The van der Waals surface area contributed by atoms with E-state index in [0.29, 0.717) is 21.9 Å². The molecule has 110 valence electrons. The minimum Gasteiger partial charge on any atom is -0.461 e. The first-order chi connectivity index (χ1) is 10.6. The molecule has 0 unspecified atom stereocenters. The van der Waals surface area contributed by atoms with Crippen LogP contribution in [0.1, 0.15) is 5.56 Å². The maximum atomic E-state index is 10.6. The Labute approximate surface area is 128 Å². The largest absolute Gasteiger partial charge is 0.461 e. The van der Waals surface area contributed by atoms with Crippen LogP contribution in [0.5, 0.6) is 0 Å². The fraction of sp³-hybridized carbons (Fsp3) is 0. The summed E-state index contributed by atoms with van der Waals surface area (Å²) in [4.78, 5) is 10.2. The van der Waals surface area contributed by atoms with Crippen LogP contribution in [0.3, 0.4) is 0 Å². The number of nitro groups is 1. The van der Waals surface area contributed by atoms with E-state index in [0.717, 1.165) is 0 Å². The Kier molecular flexibility index (Phi) is 3.62. The summed E-state index contributed by atoms with van der Waals surface area (Å²) >= 11 is 5.12. The van der Waals surface area contributed by atoms with Crippen molar-refractivity contribution in [2.24, 2.45) is 5.10 Å². The molecule has 0 atom stereocenters. The standard InChI is InChI=1S/C13H9N5O3S/c19-18(20)10-5-3-9(4-6-10)8-14-17-12(15-16-13(17)22)11-2-1-7-21-11/h1-8H,(H,16,22)/b14-8-. The van der Waals surface area contributed by atoms with Crippen molar-refractivity contribution in [1.29, 1.82) is 0 Å². The zero-order valence-electron chi connectivity index (χ0n) is 11.0. The highest BCUT2D eigenvalue weighted by molar-refractivity contribution is 7.71. The Morgan fingerprint density at radius 2 is 2.14 bits per heavy atom. The van der Waals surface area contributed by atoms with Crippen LogP contribution in [0.4, 0.5) is 5.69 Å². The van der Waals surface area contributed by atoms with Gasteiger partial charge < -0.3 is 4.42 Å². The van der Waals surface area contributed by atoms with E-state index < -0.39 is 4.92 Å². The molecule has 22 heavy (non-hydrogen) atoms. The Morgan fingerprint density at radius 1 is 1.36 bits per heavy atom. The van der Waals surface area contributed by atoms with Gasteiger partial charge in [-0.05, 0) is 42.0 Å². The van der Waals surface area contributed by atoms with Gasteiger partial charge in [-0.2, -0.15) is 9.78 Å². The molecule has 0 bridgehead atoms. The Morgan fingerprint density at radius 3 is 2.77 bits per heavy atom. The topological polar surface area (TPSA) is 102 Å². The van der Waals surface area contributed by atoms with Gasteiger partial charge in [-0.15, -0.1) is 5.10 Å². The third-order valence-corrected chi connectivity index (χ3v) is 3.08. The van der Waals surface area contributed by atoms with Crippen LogP contribution >= 0.6 is 12.2 Å². The molecule has 0 saturated heterocycles. The van der Waals surface area contributed by atoms with Crippen LogP contribution < -0.4 is 0 Å². The van der Waals surface area contributed by atoms with Gasteiger partial charge >= 0.3 is 0 Å². The number of rotatable bonds is 4. The number of furan rings is 1. The molecule has 0 aliphatic rings.